The van der Waals surface area contributed by atoms with Gasteiger partial charge in [-0.1, -0.05) is 6.92 Å². The molecule has 0 radical (unpaired) electrons. The highest BCUT2D eigenvalue weighted by Crippen LogP contribution is 2.36. The Morgan fingerprint density at radius 3 is 2.14 bits per heavy atom. The van der Waals surface area contributed by atoms with E-state index in [1.807, 2.05) is 27.7 Å². The fourth-order valence-corrected chi connectivity index (χ4v) is 2.72. The molecule has 6 heteroatoms. The molecule has 1 fully saturated rings. The number of amides is 2. The third-order valence-corrected chi connectivity index (χ3v) is 3.70. The van der Waals surface area contributed by atoms with Gasteiger partial charge in [0, 0.05) is 5.54 Å². The quantitative estimate of drug-likeness (QED) is 0.725. The smallest absolute Gasteiger partial charge is 0.307 e. The lowest BCUT2D eigenvalue weighted by atomic mass is 9.95. The maximum atomic E-state index is 12.2. The number of nitrogens with one attached hydrogen (secondary N) is 2. The van der Waals surface area contributed by atoms with Crippen LogP contribution in [0.2, 0.25) is 0 Å². The summed E-state index contributed by atoms with van der Waals surface area (Å²) in [6, 6.07) is -0.679. The van der Waals surface area contributed by atoms with E-state index in [1.165, 1.54) is 0 Å². The van der Waals surface area contributed by atoms with Crippen LogP contribution in [0.4, 0.5) is 0 Å². The fourth-order valence-electron chi connectivity index (χ4n) is 2.72. The number of carboxylic acids is 1. The van der Waals surface area contributed by atoms with E-state index in [9.17, 15) is 19.5 Å². The van der Waals surface area contributed by atoms with Crippen LogP contribution < -0.4 is 10.6 Å². The van der Waals surface area contributed by atoms with Crippen LogP contribution in [0.3, 0.4) is 0 Å². The molecule has 120 valence electrons. The maximum absolute atomic E-state index is 12.2. The van der Waals surface area contributed by atoms with Crippen molar-refractivity contribution in [2.45, 2.75) is 59.0 Å². The van der Waals surface area contributed by atoms with Crippen molar-refractivity contribution >= 4 is 17.8 Å². The van der Waals surface area contributed by atoms with Gasteiger partial charge in [-0.15, -0.1) is 0 Å². The van der Waals surface area contributed by atoms with Crippen molar-refractivity contribution < 1.29 is 19.5 Å². The summed E-state index contributed by atoms with van der Waals surface area (Å²) in [5, 5.41) is 14.6. The molecular formula is C15H26N2O4. The van der Waals surface area contributed by atoms with E-state index in [-0.39, 0.29) is 23.3 Å². The first-order valence-corrected chi connectivity index (χ1v) is 7.36. The normalized spacial score (nSPS) is 27.0. The number of hydrogen-bond donors (Lipinski definition) is 3. The average Bonchev–Trinajstić information content (AvgIpc) is 2.69. The molecule has 0 bridgehead atoms. The summed E-state index contributed by atoms with van der Waals surface area (Å²) in [5.41, 5.74) is -0.373. The summed E-state index contributed by atoms with van der Waals surface area (Å²) >= 11 is 0. The molecule has 3 N–H and O–H groups in total. The van der Waals surface area contributed by atoms with Gasteiger partial charge in [0.2, 0.25) is 11.8 Å². The van der Waals surface area contributed by atoms with Crippen LogP contribution in [-0.2, 0) is 14.4 Å². The zero-order valence-corrected chi connectivity index (χ0v) is 13.4. The third-order valence-electron chi connectivity index (χ3n) is 3.70. The molecule has 0 aromatic rings. The highest BCUT2D eigenvalue weighted by Gasteiger charge is 2.41. The van der Waals surface area contributed by atoms with Gasteiger partial charge in [-0.2, -0.15) is 0 Å². The van der Waals surface area contributed by atoms with Gasteiger partial charge in [0.15, 0.2) is 0 Å². The highest BCUT2D eigenvalue weighted by molar-refractivity contribution is 5.90. The third kappa shape index (κ3) is 5.02. The molecule has 6 nitrogen and oxygen atoms in total. The molecule has 1 rings (SSSR count). The summed E-state index contributed by atoms with van der Waals surface area (Å²) in [6.45, 7) is 9.13. The number of aliphatic carboxylic acids is 1. The zero-order valence-electron chi connectivity index (χ0n) is 13.4. The first-order valence-electron chi connectivity index (χ1n) is 7.36. The van der Waals surface area contributed by atoms with Crippen molar-refractivity contribution in [1.29, 1.82) is 0 Å². The minimum atomic E-state index is -0.939. The molecule has 1 aliphatic rings. The molecule has 4 atom stereocenters. The second-order valence-corrected chi connectivity index (χ2v) is 7.10. The lowest BCUT2D eigenvalue weighted by Gasteiger charge is -2.25. The Morgan fingerprint density at radius 1 is 1.14 bits per heavy atom. The van der Waals surface area contributed by atoms with Crippen LogP contribution in [-0.4, -0.2) is 34.5 Å². The van der Waals surface area contributed by atoms with E-state index in [4.69, 9.17) is 0 Å². The predicted octanol–water partition coefficient (Wildman–Crippen LogP) is 1.15. The van der Waals surface area contributed by atoms with Crippen LogP contribution >= 0.6 is 0 Å². The first kappa shape index (κ1) is 17.5. The Balaban J connectivity index is 2.63. The molecule has 1 aliphatic carbocycles. The Morgan fingerprint density at radius 2 is 1.67 bits per heavy atom. The number of carboxylic acid groups (broad SMARTS) is 1. The van der Waals surface area contributed by atoms with Gasteiger partial charge < -0.3 is 15.7 Å². The van der Waals surface area contributed by atoms with E-state index >= 15 is 0 Å². The van der Waals surface area contributed by atoms with Gasteiger partial charge in [0.25, 0.3) is 0 Å². The maximum Gasteiger partial charge on any atom is 0.307 e. The van der Waals surface area contributed by atoms with Crippen LogP contribution in [0.25, 0.3) is 0 Å². The number of carbonyl (C=O) groups is 3. The summed E-state index contributed by atoms with van der Waals surface area (Å²) in [7, 11) is 0. The molecule has 0 spiro atoms. The van der Waals surface area contributed by atoms with Gasteiger partial charge in [-0.3, -0.25) is 14.4 Å². The molecule has 0 saturated heterocycles. The summed E-state index contributed by atoms with van der Waals surface area (Å²) in [5.74, 6) is -2.55. The van der Waals surface area contributed by atoms with Crippen molar-refractivity contribution in [3.8, 4) is 0 Å². The largest absolute Gasteiger partial charge is 0.481 e. The number of hydrogen-bond acceptors (Lipinski definition) is 3. The molecule has 21 heavy (non-hydrogen) atoms. The first-order chi connectivity index (χ1) is 9.51. The van der Waals surface area contributed by atoms with E-state index in [0.717, 1.165) is 0 Å². The zero-order chi connectivity index (χ0) is 16.4. The summed E-state index contributed by atoms with van der Waals surface area (Å²) in [4.78, 5) is 35.4. The molecule has 0 aliphatic heterocycles. The van der Waals surface area contributed by atoms with E-state index in [1.54, 1.807) is 6.92 Å². The Kier molecular flexibility index (Phi) is 5.36. The predicted molar refractivity (Wildman–Crippen MR) is 78.5 cm³/mol. The van der Waals surface area contributed by atoms with Crippen molar-refractivity contribution in [1.82, 2.24) is 10.6 Å². The molecule has 0 aromatic heterocycles. The standard InChI is InChI=1S/C15H26N2O4/c1-8-6-10(11(7-8)14(20)21)13(19)16-9(2)12(18)17-15(3,4)5/h8-11H,6-7H2,1-5H3,(H,16,19)(H,17,18)(H,20,21)/t8?,9?,10-,11+/m0/s1. The van der Waals surface area contributed by atoms with Crippen LogP contribution in [0.5, 0.6) is 0 Å². The van der Waals surface area contributed by atoms with Gasteiger partial charge in [0.05, 0.1) is 11.8 Å². The van der Waals surface area contributed by atoms with E-state index in [2.05, 4.69) is 10.6 Å². The van der Waals surface area contributed by atoms with E-state index < -0.39 is 23.8 Å². The summed E-state index contributed by atoms with van der Waals surface area (Å²) in [6.07, 6.45) is 1.06. The Bertz CT molecular complexity index is 428. The fraction of sp³-hybridized carbons (Fsp3) is 0.800. The number of rotatable bonds is 4. The van der Waals surface area contributed by atoms with Crippen molar-refractivity contribution in [3.05, 3.63) is 0 Å². The molecule has 2 unspecified atom stereocenters. The molecule has 1 saturated carbocycles. The van der Waals surface area contributed by atoms with Crippen molar-refractivity contribution in [3.63, 3.8) is 0 Å². The monoisotopic (exact) mass is 298 g/mol. The SMILES string of the molecule is CC1C[C@H](C(=O)NC(C)C(=O)NC(C)(C)C)[C@H](C(=O)O)C1. The Hall–Kier alpha value is -1.59. The molecule has 0 aromatic carbocycles. The molecular weight excluding hydrogens is 272 g/mol. The Labute approximate surface area is 125 Å². The average molecular weight is 298 g/mol. The van der Waals surface area contributed by atoms with Crippen LogP contribution in [0.1, 0.15) is 47.5 Å². The second kappa shape index (κ2) is 6.45. The van der Waals surface area contributed by atoms with Crippen molar-refractivity contribution in [2.24, 2.45) is 17.8 Å². The van der Waals surface area contributed by atoms with Gasteiger partial charge in [-0.05, 0) is 46.5 Å². The minimum absolute atomic E-state index is 0.209. The second-order valence-electron chi connectivity index (χ2n) is 7.10. The van der Waals surface area contributed by atoms with Gasteiger partial charge in [-0.25, -0.2) is 0 Å². The molecule has 0 heterocycles. The van der Waals surface area contributed by atoms with Crippen molar-refractivity contribution in [2.75, 3.05) is 0 Å². The van der Waals surface area contributed by atoms with Gasteiger partial charge in [0.1, 0.15) is 6.04 Å². The van der Waals surface area contributed by atoms with Crippen LogP contribution in [0.15, 0.2) is 0 Å². The van der Waals surface area contributed by atoms with Crippen LogP contribution in [0, 0.1) is 17.8 Å². The topological polar surface area (TPSA) is 95.5 Å². The lowest BCUT2D eigenvalue weighted by molar-refractivity contribution is -0.146. The highest BCUT2D eigenvalue weighted by atomic mass is 16.4. The molecule has 2 amide bonds. The lowest BCUT2D eigenvalue weighted by Crippen LogP contribution is -2.52. The number of carbonyl (C=O) groups excluding carboxylic acids is 2. The van der Waals surface area contributed by atoms with Gasteiger partial charge >= 0.3 is 5.97 Å². The minimum Gasteiger partial charge on any atom is -0.481 e. The van der Waals surface area contributed by atoms with E-state index in [0.29, 0.717) is 12.8 Å². The summed E-state index contributed by atoms with van der Waals surface area (Å²) < 4.78 is 0.